The third-order valence-electron chi connectivity index (χ3n) is 4.95. The van der Waals surface area contributed by atoms with Crippen molar-refractivity contribution in [2.75, 3.05) is 13.7 Å². The van der Waals surface area contributed by atoms with Crippen LogP contribution in [0.3, 0.4) is 0 Å². The first-order valence-corrected chi connectivity index (χ1v) is 8.96. The lowest BCUT2D eigenvalue weighted by Crippen LogP contribution is -2.25. The van der Waals surface area contributed by atoms with Crippen molar-refractivity contribution >= 4 is 16.8 Å². The fourth-order valence-corrected chi connectivity index (χ4v) is 3.37. The molecule has 1 aliphatic heterocycles. The molecule has 6 nitrogen and oxygen atoms in total. The summed E-state index contributed by atoms with van der Waals surface area (Å²) in [6, 6.07) is 11.8. The van der Waals surface area contributed by atoms with E-state index in [1.165, 1.54) is 0 Å². The quantitative estimate of drug-likeness (QED) is 0.753. The maximum atomic E-state index is 11.5. The van der Waals surface area contributed by atoms with Gasteiger partial charge in [-0.25, -0.2) is 4.98 Å². The summed E-state index contributed by atoms with van der Waals surface area (Å²) < 4.78 is 11.5. The Labute approximate surface area is 157 Å². The van der Waals surface area contributed by atoms with E-state index in [2.05, 4.69) is 15.3 Å². The summed E-state index contributed by atoms with van der Waals surface area (Å²) >= 11 is 0. The van der Waals surface area contributed by atoms with Crippen LogP contribution in [-0.2, 0) is 4.79 Å². The normalized spacial score (nSPS) is 17.6. The van der Waals surface area contributed by atoms with E-state index in [1.807, 2.05) is 43.3 Å². The van der Waals surface area contributed by atoms with Crippen LogP contribution in [0, 0.1) is 5.92 Å². The highest BCUT2D eigenvalue weighted by Gasteiger charge is 2.28. The van der Waals surface area contributed by atoms with Crippen LogP contribution in [0.25, 0.3) is 22.0 Å². The predicted octanol–water partition coefficient (Wildman–Crippen LogP) is 3.21. The Hall–Kier alpha value is -3.15. The second-order valence-corrected chi connectivity index (χ2v) is 6.72. The summed E-state index contributed by atoms with van der Waals surface area (Å²) in [6.07, 6.45) is 3.90. The molecule has 6 heteroatoms. The third kappa shape index (κ3) is 3.56. The van der Waals surface area contributed by atoms with Crippen molar-refractivity contribution in [2.24, 2.45) is 5.92 Å². The number of carbonyl (C=O) groups excluding carboxylic acids is 1. The summed E-state index contributed by atoms with van der Waals surface area (Å²) in [5.41, 5.74) is 2.81. The molecule has 1 aliphatic rings. The Balaban J connectivity index is 1.73. The van der Waals surface area contributed by atoms with Crippen molar-refractivity contribution in [1.82, 2.24) is 15.3 Å². The number of rotatable bonds is 5. The zero-order valence-electron chi connectivity index (χ0n) is 15.3. The Kier molecular flexibility index (Phi) is 4.62. The standard InChI is InChI=1S/C21H21N3O3/c1-13(16-10-20(25)24-12-16)27-19-9-15(8-18-17(19)4-3-6-22-18)14-5-7-23-21(11-14)26-2/h3-9,11,13,16H,10,12H2,1-2H3,(H,24,25). The first kappa shape index (κ1) is 17.3. The Bertz CT molecular complexity index is 989. The molecule has 0 saturated carbocycles. The van der Waals surface area contributed by atoms with E-state index in [0.717, 1.165) is 27.8 Å². The number of pyridine rings is 2. The number of amides is 1. The molecule has 0 spiro atoms. The molecule has 1 aromatic carbocycles. The third-order valence-corrected chi connectivity index (χ3v) is 4.95. The van der Waals surface area contributed by atoms with Crippen molar-refractivity contribution < 1.29 is 14.3 Å². The van der Waals surface area contributed by atoms with Crippen LogP contribution in [0.4, 0.5) is 0 Å². The molecule has 138 valence electrons. The second kappa shape index (κ2) is 7.23. The van der Waals surface area contributed by atoms with Gasteiger partial charge in [0.05, 0.1) is 12.6 Å². The van der Waals surface area contributed by atoms with E-state index in [9.17, 15) is 4.79 Å². The lowest BCUT2D eigenvalue weighted by molar-refractivity contribution is -0.119. The van der Waals surface area contributed by atoms with E-state index in [0.29, 0.717) is 18.8 Å². The van der Waals surface area contributed by atoms with Gasteiger partial charge in [-0.05, 0) is 48.4 Å². The van der Waals surface area contributed by atoms with Crippen molar-refractivity contribution in [3.63, 3.8) is 0 Å². The van der Waals surface area contributed by atoms with Crippen LogP contribution < -0.4 is 14.8 Å². The number of methoxy groups -OCH3 is 1. The number of nitrogens with zero attached hydrogens (tertiary/aromatic N) is 2. The van der Waals surface area contributed by atoms with E-state index in [1.54, 1.807) is 19.5 Å². The first-order chi connectivity index (χ1) is 13.1. The molecule has 27 heavy (non-hydrogen) atoms. The predicted molar refractivity (Wildman–Crippen MR) is 103 cm³/mol. The van der Waals surface area contributed by atoms with E-state index in [-0.39, 0.29) is 17.9 Å². The number of aromatic nitrogens is 2. The lowest BCUT2D eigenvalue weighted by Gasteiger charge is -2.21. The second-order valence-electron chi connectivity index (χ2n) is 6.72. The maximum Gasteiger partial charge on any atom is 0.220 e. The summed E-state index contributed by atoms with van der Waals surface area (Å²) in [5.74, 6) is 1.56. The Morgan fingerprint density at radius 3 is 2.81 bits per heavy atom. The smallest absolute Gasteiger partial charge is 0.220 e. The zero-order chi connectivity index (χ0) is 18.8. The number of benzene rings is 1. The molecule has 1 saturated heterocycles. The number of ether oxygens (including phenoxy) is 2. The Morgan fingerprint density at radius 2 is 2.04 bits per heavy atom. The summed E-state index contributed by atoms with van der Waals surface area (Å²) in [7, 11) is 1.60. The molecule has 3 aromatic rings. The van der Waals surface area contributed by atoms with Gasteiger partial charge in [0.25, 0.3) is 0 Å². The van der Waals surface area contributed by atoms with Crippen molar-refractivity contribution in [2.45, 2.75) is 19.4 Å². The zero-order valence-corrected chi connectivity index (χ0v) is 15.3. The molecule has 2 aromatic heterocycles. The van der Waals surface area contributed by atoms with Crippen molar-refractivity contribution in [3.05, 3.63) is 48.8 Å². The van der Waals surface area contributed by atoms with Crippen LogP contribution in [0.15, 0.2) is 48.8 Å². The Morgan fingerprint density at radius 1 is 1.15 bits per heavy atom. The highest BCUT2D eigenvalue weighted by atomic mass is 16.5. The molecule has 0 radical (unpaired) electrons. The lowest BCUT2D eigenvalue weighted by atomic mass is 10.0. The van der Waals surface area contributed by atoms with Gasteiger partial charge >= 0.3 is 0 Å². The van der Waals surface area contributed by atoms with Gasteiger partial charge in [-0.3, -0.25) is 9.78 Å². The van der Waals surface area contributed by atoms with Gasteiger partial charge in [0, 0.05) is 42.7 Å². The average molecular weight is 363 g/mol. The molecule has 1 fully saturated rings. The minimum atomic E-state index is -0.0883. The molecule has 3 heterocycles. The molecule has 4 rings (SSSR count). The molecule has 1 amide bonds. The van der Waals surface area contributed by atoms with Crippen LogP contribution >= 0.6 is 0 Å². The van der Waals surface area contributed by atoms with Gasteiger partial charge in [-0.2, -0.15) is 0 Å². The highest BCUT2D eigenvalue weighted by molar-refractivity contribution is 5.90. The molecule has 2 atom stereocenters. The number of nitrogens with one attached hydrogen (secondary N) is 1. The van der Waals surface area contributed by atoms with Crippen LogP contribution in [-0.4, -0.2) is 35.6 Å². The molecule has 1 N–H and O–H groups in total. The monoisotopic (exact) mass is 363 g/mol. The minimum absolute atomic E-state index is 0.0830. The largest absolute Gasteiger partial charge is 0.490 e. The fourth-order valence-electron chi connectivity index (χ4n) is 3.37. The number of hydrogen-bond donors (Lipinski definition) is 1. The van der Waals surface area contributed by atoms with Gasteiger partial charge in [-0.15, -0.1) is 0 Å². The van der Waals surface area contributed by atoms with Gasteiger partial charge in [0.2, 0.25) is 11.8 Å². The van der Waals surface area contributed by atoms with Crippen molar-refractivity contribution in [1.29, 1.82) is 0 Å². The van der Waals surface area contributed by atoms with Gasteiger partial charge in [0.15, 0.2) is 0 Å². The van der Waals surface area contributed by atoms with E-state index >= 15 is 0 Å². The van der Waals surface area contributed by atoms with Gasteiger partial charge in [-0.1, -0.05) is 0 Å². The summed E-state index contributed by atoms with van der Waals surface area (Å²) in [6.45, 7) is 2.66. The number of carbonyl (C=O) groups is 1. The first-order valence-electron chi connectivity index (χ1n) is 8.96. The number of fused-ring (bicyclic) bond motifs is 1. The van der Waals surface area contributed by atoms with Crippen LogP contribution in [0.5, 0.6) is 11.6 Å². The van der Waals surface area contributed by atoms with Crippen LogP contribution in [0.1, 0.15) is 13.3 Å². The summed E-state index contributed by atoms with van der Waals surface area (Å²) in [5, 5.41) is 3.82. The molecule has 0 bridgehead atoms. The fraction of sp³-hybridized carbons (Fsp3) is 0.286. The topological polar surface area (TPSA) is 73.3 Å². The highest BCUT2D eigenvalue weighted by Crippen LogP contribution is 2.34. The molecular formula is C21H21N3O3. The van der Waals surface area contributed by atoms with Gasteiger partial charge in [0.1, 0.15) is 11.9 Å². The summed E-state index contributed by atoms with van der Waals surface area (Å²) in [4.78, 5) is 20.2. The minimum Gasteiger partial charge on any atom is -0.490 e. The average Bonchev–Trinajstić information content (AvgIpc) is 3.14. The van der Waals surface area contributed by atoms with E-state index < -0.39 is 0 Å². The molecule has 2 unspecified atom stereocenters. The number of hydrogen-bond acceptors (Lipinski definition) is 5. The molecular weight excluding hydrogens is 342 g/mol. The SMILES string of the molecule is COc1cc(-c2cc(OC(C)C3CNC(=O)C3)c3cccnc3c2)ccn1. The molecule has 0 aliphatic carbocycles. The van der Waals surface area contributed by atoms with Crippen molar-refractivity contribution in [3.8, 4) is 22.8 Å². The van der Waals surface area contributed by atoms with Crippen LogP contribution in [0.2, 0.25) is 0 Å². The maximum absolute atomic E-state index is 11.5. The van der Waals surface area contributed by atoms with Gasteiger partial charge < -0.3 is 14.8 Å². The van der Waals surface area contributed by atoms with E-state index in [4.69, 9.17) is 9.47 Å².